The van der Waals surface area contributed by atoms with Crippen molar-refractivity contribution in [2.75, 3.05) is 16.6 Å². The zero-order valence-electron chi connectivity index (χ0n) is 13.6. The lowest BCUT2D eigenvalue weighted by Gasteiger charge is -2.11. The van der Waals surface area contributed by atoms with Gasteiger partial charge in [0.2, 0.25) is 11.0 Å². The number of rotatable bonds is 7. The van der Waals surface area contributed by atoms with Crippen LogP contribution in [0.4, 0.5) is 10.8 Å². The number of nitrogens with one attached hydrogen (secondary N) is 3. The molecule has 2 amide bonds. The summed E-state index contributed by atoms with van der Waals surface area (Å²) in [6.45, 7) is 3.67. The Morgan fingerprint density at radius 1 is 1.20 bits per heavy atom. The van der Waals surface area contributed by atoms with Crippen molar-refractivity contribution in [1.82, 2.24) is 15.5 Å². The van der Waals surface area contributed by atoms with Gasteiger partial charge in [-0.3, -0.25) is 14.3 Å². The van der Waals surface area contributed by atoms with E-state index >= 15 is 0 Å². The monoisotopic (exact) mass is 383 g/mol. The van der Waals surface area contributed by atoms with Crippen molar-refractivity contribution in [2.24, 2.45) is 0 Å². The number of para-hydroxylation sites is 1. The molecule has 2 aromatic rings. The second kappa shape index (κ2) is 8.03. The fraction of sp³-hybridized carbons (Fsp3) is 0.286. The molecule has 0 radical (unpaired) electrons. The second-order valence-electron chi connectivity index (χ2n) is 4.96. The molecule has 25 heavy (non-hydrogen) atoms. The van der Waals surface area contributed by atoms with Crippen LogP contribution >= 0.6 is 11.3 Å². The van der Waals surface area contributed by atoms with Gasteiger partial charge in [-0.25, -0.2) is 0 Å². The van der Waals surface area contributed by atoms with Crippen molar-refractivity contribution in [3.8, 4) is 0 Å². The molecule has 2 rings (SSSR count). The highest BCUT2D eigenvalue weighted by Crippen LogP contribution is 2.24. The smallest absolute Gasteiger partial charge is 0.291 e. The van der Waals surface area contributed by atoms with E-state index in [9.17, 15) is 18.0 Å². The maximum Gasteiger partial charge on any atom is 0.291 e. The Kier molecular flexibility index (Phi) is 6.04. The minimum Gasteiger partial charge on any atom is -0.352 e. The van der Waals surface area contributed by atoms with Crippen molar-refractivity contribution in [1.29, 1.82) is 0 Å². The molecule has 0 aliphatic rings. The Balaban J connectivity index is 2.25. The van der Waals surface area contributed by atoms with Crippen LogP contribution in [0.15, 0.2) is 28.6 Å². The van der Waals surface area contributed by atoms with E-state index in [0.717, 1.165) is 6.42 Å². The molecule has 0 aliphatic carbocycles. The third-order valence-corrected chi connectivity index (χ3v) is 5.44. The minimum absolute atomic E-state index is 0.0712. The summed E-state index contributed by atoms with van der Waals surface area (Å²) >= 11 is 0.710. The second-order valence-corrected chi connectivity index (χ2v) is 7.79. The minimum atomic E-state index is -4.04. The number of hydrogen-bond acceptors (Lipinski definition) is 7. The fourth-order valence-electron chi connectivity index (χ4n) is 1.81. The number of carbonyl (C=O) groups is 2. The van der Waals surface area contributed by atoms with Crippen LogP contribution in [0.3, 0.4) is 0 Å². The largest absolute Gasteiger partial charge is 0.352 e. The number of nitrogens with zero attached hydrogens (tertiary/aromatic N) is 2. The summed E-state index contributed by atoms with van der Waals surface area (Å²) in [5.41, 5.74) is 0.332. The molecule has 1 aromatic heterocycles. The summed E-state index contributed by atoms with van der Waals surface area (Å²) in [6.07, 6.45) is 0.760. The molecule has 0 spiro atoms. The van der Waals surface area contributed by atoms with Crippen molar-refractivity contribution in [2.45, 2.75) is 24.6 Å². The van der Waals surface area contributed by atoms with Gasteiger partial charge in [-0.05, 0) is 18.6 Å². The standard InChI is InChI=1S/C14H17N5O4S2/c1-3-8-15-12(21)10-6-4-5-7-11(10)19-25(22,23)14-18-17-13(24-14)16-9(2)20/h4-7,19H,3,8H2,1-2H3,(H,15,21)(H,16,17,20). The van der Waals surface area contributed by atoms with Gasteiger partial charge in [0.1, 0.15) is 0 Å². The topological polar surface area (TPSA) is 130 Å². The van der Waals surface area contributed by atoms with Gasteiger partial charge in [0.05, 0.1) is 11.3 Å². The molecule has 9 nitrogen and oxygen atoms in total. The van der Waals surface area contributed by atoms with E-state index < -0.39 is 10.0 Å². The number of benzene rings is 1. The lowest BCUT2D eigenvalue weighted by atomic mass is 10.1. The third kappa shape index (κ3) is 4.97. The normalized spacial score (nSPS) is 11.0. The first kappa shape index (κ1) is 18.8. The molecule has 0 atom stereocenters. The maximum atomic E-state index is 12.4. The average molecular weight is 383 g/mol. The molecular formula is C14H17N5O4S2. The molecule has 0 fully saturated rings. The Hall–Kier alpha value is -2.53. The SMILES string of the molecule is CCCNC(=O)c1ccccc1NS(=O)(=O)c1nnc(NC(C)=O)s1. The number of amides is 2. The first-order valence-electron chi connectivity index (χ1n) is 7.34. The van der Waals surface area contributed by atoms with Crippen molar-refractivity contribution in [3.05, 3.63) is 29.8 Å². The van der Waals surface area contributed by atoms with Crippen LogP contribution in [0.5, 0.6) is 0 Å². The molecule has 0 unspecified atom stereocenters. The Labute approximate surface area is 148 Å². The van der Waals surface area contributed by atoms with E-state index in [1.165, 1.54) is 19.1 Å². The molecule has 0 aliphatic heterocycles. The number of anilines is 2. The first-order chi connectivity index (χ1) is 11.8. The summed E-state index contributed by atoms with van der Waals surface area (Å²) in [7, 11) is -4.04. The molecule has 3 N–H and O–H groups in total. The van der Waals surface area contributed by atoms with Crippen LogP contribution in [0.2, 0.25) is 0 Å². The van der Waals surface area contributed by atoms with Gasteiger partial charge in [0.15, 0.2) is 0 Å². The maximum absolute atomic E-state index is 12.4. The van der Waals surface area contributed by atoms with E-state index in [0.29, 0.717) is 17.9 Å². The van der Waals surface area contributed by atoms with Crippen LogP contribution in [0, 0.1) is 0 Å². The lowest BCUT2D eigenvalue weighted by Crippen LogP contribution is -2.25. The number of sulfonamides is 1. The highest BCUT2D eigenvalue weighted by Gasteiger charge is 2.23. The molecular weight excluding hydrogens is 366 g/mol. The number of carbonyl (C=O) groups excluding carboxylic acids is 2. The average Bonchev–Trinajstić information content (AvgIpc) is 3.01. The van der Waals surface area contributed by atoms with E-state index in [1.807, 2.05) is 6.92 Å². The molecule has 1 aromatic carbocycles. The van der Waals surface area contributed by atoms with Crippen LogP contribution in [0.1, 0.15) is 30.6 Å². The Bertz CT molecular complexity index is 879. The highest BCUT2D eigenvalue weighted by molar-refractivity contribution is 7.94. The van der Waals surface area contributed by atoms with Gasteiger partial charge in [-0.15, -0.1) is 10.2 Å². The Morgan fingerprint density at radius 3 is 2.60 bits per heavy atom. The van der Waals surface area contributed by atoms with Crippen LogP contribution < -0.4 is 15.4 Å². The zero-order valence-corrected chi connectivity index (χ0v) is 15.2. The molecule has 1 heterocycles. The summed E-state index contributed by atoms with van der Waals surface area (Å²) in [6, 6.07) is 6.25. The highest BCUT2D eigenvalue weighted by atomic mass is 32.2. The third-order valence-electron chi connectivity index (χ3n) is 2.87. The Morgan fingerprint density at radius 2 is 1.92 bits per heavy atom. The van der Waals surface area contributed by atoms with E-state index in [4.69, 9.17) is 0 Å². The summed E-state index contributed by atoms with van der Waals surface area (Å²) in [5, 5.41) is 12.3. The number of hydrogen-bond donors (Lipinski definition) is 3. The summed E-state index contributed by atoms with van der Waals surface area (Å²) in [4.78, 5) is 23.1. The van der Waals surface area contributed by atoms with E-state index in [2.05, 4.69) is 25.6 Å². The molecule has 134 valence electrons. The summed E-state index contributed by atoms with van der Waals surface area (Å²) < 4.78 is 26.9. The van der Waals surface area contributed by atoms with Gasteiger partial charge >= 0.3 is 0 Å². The van der Waals surface area contributed by atoms with E-state index in [-0.39, 0.29) is 32.5 Å². The molecule has 11 heteroatoms. The predicted molar refractivity (Wildman–Crippen MR) is 94.1 cm³/mol. The number of aromatic nitrogens is 2. The molecule has 0 bridgehead atoms. The predicted octanol–water partition coefficient (Wildman–Crippen LogP) is 1.44. The van der Waals surface area contributed by atoms with Crippen molar-refractivity contribution in [3.63, 3.8) is 0 Å². The quantitative estimate of drug-likeness (QED) is 0.620. The molecule has 0 saturated heterocycles. The molecule has 0 saturated carbocycles. The van der Waals surface area contributed by atoms with Gasteiger partial charge in [-0.2, -0.15) is 8.42 Å². The van der Waals surface area contributed by atoms with E-state index in [1.54, 1.807) is 12.1 Å². The van der Waals surface area contributed by atoms with Crippen LogP contribution in [-0.4, -0.2) is 37.0 Å². The van der Waals surface area contributed by atoms with Crippen molar-refractivity contribution < 1.29 is 18.0 Å². The summed E-state index contributed by atoms with van der Waals surface area (Å²) in [5.74, 6) is -0.762. The van der Waals surface area contributed by atoms with Crippen molar-refractivity contribution >= 4 is 44.0 Å². The van der Waals surface area contributed by atoms with Gasteiger partial charge < -0.3 is 10.6 Å². The lowest BCUT2D eigenvalue weighted by molar-refractivity contribution is -0.114. The van der Waals surface area contributed by atoms with Crippen LogP contribution in [-0.2, 0) is 14.8 Å². The zero-order chi connectivity index (χ0) is 18.4. The van der Waals surface area contributed by atoms with Crippen LogP contribution in [0.25, 0.3) is 0 Å². The van der Waals surface area contributed by atoms with Gasteiger partial charge in [-0.1, -0.05) is 30.4 Å². The first-order valence-corrected chi connectivity index (χ1v) is 9.64. The van der Waals surface area contributed by atoms with Gasteiger partial charge in [0, 0.05) is 13.5 Å². The fourth-order valence-corrected chi connectivity index (χ4v) is 3.84. The van der Waals surface area contributed by atoms with Gasteiger partial charge in [0.25, 0.3) is 20.3 Å².